The van der Waals surface area contributed by atoms with E-state index < -0.39 is 16.5 Å². The molecule has 1 N–H and O–H groups in total. The van der Waals surface area contributed by atoms with Gasteiger partial charge in [-0.05, 0) is 0 Å². The van der Waals surface area contributed by atoms with Gasteiger partial charge in [0.15, 0.2) is 0 Å². The van der Waals surface area contributed by atoms with Gasteiger partial charge < -0.3 is 24.0 Å². The summed E-state index contributed by atoms with van der Waals surface area (Å²) in [6, 6.07) is 0. The van der Waals surface area contributed by atoms with Gasteiger partial charge in [-0.25, -0.2) is 0 Å². The van der Waals surface area contributed by atoms with E-state index in [4.69, 9.17) is 5.11 Å². The summed E-state index contributed by atoms with van der Waals surface area (Å²) in [7, 11) is -7.03. The van der Waals surface area contributed by atoms with Gasteiger partial charge in [0, 0.05) is 0 Å². The molecular formula is C3H8MgO6P2. The molecule has 2 atom stereocenters. The Hall–Kier alpha value is 0.806. The normalized spacial score (nSPS) is 12.9. The molecule has 0 amide bonds. The average Bonchev–Trinajstić information content (AvgIpc) is 1.85. The number of hydrogen-bond acceptors (Lipinski definition) is 6. The molecule has 0 aromatic carbocycles. The Morgan fingerprint density at radius 1 is 1.42 bits per heavy atom. The minimum Gasteiger partial charge on any atom is -0.781 e. The summed E-state index contributed by atoms with van der Waals surface area (Å²) < 4.78 is 21.8. The molecule has 0 bridgehead atoms. The van der Waals surface area contributed by atoms with Gasteiger partial charge in [-0.15, -0.1) is 6.58 Å². The van der Waals surface area contributed by atoms with Crippen LogP contribution in [-0.4, -0.2) is 34.8 Å². The van der Waals surface area contributed by atoms with Crippen molar-refractivity contribution in [2.75, 3.05) is 6.61 Å². The second-order valence-corrected chi connectivity index (χ2v) is 2.89. The fourth-order valence-corrected chi connectivity index (χ4v) is 0.612. The first-order valence-corrected chi connectivity index (χ1v) is 4.81. The molecule has 0 aliphatic carbocycles. The minimum absolute atomic E-state index is 0. The number of aliphatic hydroxyl groups is 1. The van der Waals surface area contributed by atoms with E-state index in [1.54, 1.807) is 0 Å². The third-order valence-electron chi connectivity index (χ3n) is 0.296. The minimum atomic E-state index is -3.51. The van der Waals surface area contributed by atoms with Crippen molar-refractivity contribution in [3.8, 4) is 0 Å². The Labute approximate surface area is 87.3 Å². The standard InChI is InChI=1S/C3H6O.Mg.H4O5P2/c1-2-3-4;;1-6(2)5-7(3)4/h2,4H,1,3H2;;6-7H,(H,1,2)(H,3,4)/q;+2;/p-2. The molecule has 0 fully saturated rings. The second kappa shape index (κ2) is 14.3. The van der Waals surface area contributed by atoms with Crippen LogP contribution in [0.5, 0.6) is 0 Å². The van der Waals surface area contributed by atoms with Crippen LogP contribution in [0.2, 0.25) is 0 Å². The molecule has 6 nitrogen and oxygen atoms in total. The van der Waals surface area contributed by atoms with Gasteiger partial charge in [0.2, 0.25) is 0 Å². The smallest absolute Gasteiger partial charge is 0.781 e. The summed E-state index contributed by atoms with van der Waals surface area (Å²) in [6.45, 7) is 3.31. The average molecular weight is 226 g/mol. The van der Waals surface area contributed by atoms with Crippen LogP contribution in [0.3, 0.4) is 0 Å². The van der Waals surface area contributed by atoms with Crippen LogP contribution in [-0.2, 0) is 13.4 Å². The first-order valence-electron chi connectivity index (χ1n) is 2.36. The second-order valence-electron chi connectivity index (χ2n) is 1.07. The topological polar surface area (TPSA) is 110 Å². The third-order valence-corrected chi connectivity index (χ3v) is 1.63. The maximum atomic E-state index is 9.29. The van der Waals surface area contributed by atoms with Gasteiger partial charge in [0.25, 0.3) is 0 Å². The Balaban J connectivity index is -0.000000142. The molecule has 0 saturated carbocycles. The first kappa shape index (κ1) is 18.6. The molecule has 9 heteroatoms. The van der Waals surface area contributed by atoms with Gasteiger partial charge in [0.1, 0.15) is 16.5 Å². The Kier molecular flexibility index (Phi) is 22.2. The van der Waals surface area contributed by atoms with Crippen LogP contribution in [0.15, 0.2) is 12.7 Å². The molecule has 0 rings (SSSR count). The van der Waals surface area contributed by atoms with Crippen LogP contribution >= 0.6 is 16.5 Å². The molecule has 0 aromatic rings. The van der Waals surface area contributed by atoms with Crippen molar-refractivity contribution in [3.05, 3.63) is 12.7 Å². The maximum Gasteiger partial charge on any atom is 2.00 e. The van der Waals surface area contributed by atoms with Crippen LogP contribution in [0.1, 0.15) is 0 Å². The molecule has 0 aliphatic heterocycles. The molecule has 0 aliphatic rings. The van der Waals surface area contributed by atoms with E-state index in [1.807, 2.05) is 0 Å². The van der Waals surface area contributed by atoms with Crippen molar-refractivity contribution in [3.63, 3.8) is 0 Å². The molecule has 0 heterocycles. The predicted molar refractivity (Wildman–Crippen MR) is 42.1 cm³/mol. The Morgan fingerprint density at radius 2 is 1.67 bits per heavy atom. The van der Waals surface area contributed by atoms with Crippen LogP contribution in [0.4, 0.5) is 0 Å². The summed E-state index contributed by atoms with van der Waals surface area (Å²) in [6.07, 6.45) is 1.43. The summed E-state index contributed by atoms with van der Waals surface area (Å²) in [5.74, 6) is 0. The summed E-state index contributed by atoms with van der Waals surface area (Å²) in [5.41, 5.74) is 0. The third kappa shape index (κ3) is 30.8. The zero-order chi connectivity index (χ0) is 9.28. The Morgan fingerprint density at radius 3 is 1.67 bits per heavy atom. The molecule has 68 valence electrons. The van der Waals surface area contributed by atoms with Crippen molar-refractivity contribution in [1.29, 1.82) is 0 Å². The monoisotopic (exact) mass is 226 g/mol. The number of aliphatic hydroxyl groups excluding tert-OH is 1. The molecule has 0 saturated heterocycles. The quantitative estimate of drug-likeness (QED) is 0.348. The van der Waals surface area contributed by atoms with Crippen molar-refractivity contribution < 1.29 is 28.3 Å². The van der Waals surface area contributed by atoms with E-state index in [2.05, 4.69) is 10.9 Å². The van der Waals surface area contributed by atoms with Gasteiger partial charge >= 0.3 is 23.1 Å². The molecule has 0 spiro atoms. The Bertz CT molecular complexity index is 138. The van der Waals surface area contributed by atoms with Crippen molar-refractivity contribution in [2.24, 2.45) is 0 Å². The van der Waals surface area contributed by atoms with Crippen LogP contribution in [0, 0.1) is 0 Å². The van der Waals surface area contributed by atoms with E-state index >= 15 is 0 Å². The first-order chi connectivity index (χ1) is 5.04. The summed E-state index contributed by atoms with van der Waals surface area (Å²) in [5, 5.41) is 7.76. The van der Waals surface area contributed by atoms with E-state index in [1.165, 1.54) is 6.08 Å². The van der Waals surface area contributed by atoms with E-state index in [0.717, 1.165) is 0 Å². The number of rotatable bonds is 3. The van der Waals surface area contributed by atoms with E-state index in [0.29, 0.717) is 0 Å². The van der Waals surface area contributed by atoms with E-state index in [9.17, 15) is 18.9 Å². The van der Waals surface area contributed by atoms with Crippen molar-refractivity contribution in [2.45, 2.75) is 0 Å². The van der Waals surface area contributed by atoms with E-state index in [-0.39, 0.29) is 29.7 Å². The van der Waals surface area contributed by atoms with Crippen molar-refractivity contribution >= 4 is 39.6 Å². The maximum absolute atomic E-state index is 9.29. The molecule has 0 aromatic heterocycles. The van der Waals surface area contributed by atoms with Gasteiger partial charge in [-0.1, -0.05) is 6.08 Å². The van der Waals surface area contributed by atoms with Crippen LogP contribution < -0.4 is 9.79 Å². The van der Waals surface area contributed by atoms with Gasteiger partial charge in [-0.2, -0.15) is 0 Å². The largest absolute Gasteiger partial charge is 2.00 e. The zero-order valence-corrected chi connectivity index (χ0v) is 9.60. The molecule has 2 unspecified atom stereocenters. The van der Waals surface area contributed by atoms with Crippen molar-refractivity contribution in [1.82, 2.24) is 0 Å². The fourth-order valence-electron chi connectivity index (χ4n) is 0.0680. The number of hydrogen-bond donors (Lipinski definition) is 1. The van der Waals surface area contributed by atoms with Gasteiger partial charge in [-0.3, -0.25) is 4.31 Å². The van der Waals surface area contributed by atoms with Gasteiger partial charge in [0.05, 0.1) is 6.61 Å². The zero-order valence-electron chi connectivity index (χ0n) is 6.19. The molecule has 12 heavy (non-hydrogen) atoms. The fraction of sp³-hybridized carbons (Fsp3) is 0.333. The molecule has 0 radical (unpaired) electrons. The summed E-state index contributed by atoms with van der Waals surface area (Å²) >= 11 is 0. The predicted octanol–water partition coefficient (Wildman–Crippen LogP) is -1.71. The molecular weight excluding hydrogens is 218 g/mol. The SMILES string of the molecule is C=CCO.O=[PH]([O-])O[PH](=O)[O-].[Mg+2]. The summed E-state index contributed by atoms with van der Waals surface area (Å²) in [4.78, 5) is 18.6. The van der Waals surface area contributed by atoms with Crippen LogP contribution in [0.25, 0.3) is 0 Å².